The van der Waals surface area contributed by atoms with Crippen LogP contribution in [0.25, 0.3) is 10.2 Å². The fourth-order valence-electron chi connectivity index (χ4n) is 3.31. The molecule has 1 aliphatic rings. The molecule has 6 heteroatoms. The van der Waals surface area contributed by atoms with E-state index in [4.69, 9.17) is 17.2 Å². The summed E-state index contributed by atoms with van der Waals surface area (Å²) in [5.41, 5.74) is 3.45. The predicted octanol–water partition coefficient (Wildman–Crippen LogP) is 4.63. The second-order valence-electron chi connectivity index (χ2n) is 8.52. The molecular formula is C20H30N4S2. The van der Waals surface area contributed by atoms with Crippen molar-refractivity contribution < 1.29 is 0 Å². The van der Waals surface area contributed by atoms with Crippen molar-refractivity contribution in [2.75, 3.05) is 32.5 Å². The number of piperidine rings is 1. The molecule has 0 amide bonds. The molecule has 4 nitrogen and oxygen atoms in total. The van der Waals surface area contributed by atoms with Crippen molar-refractivity contribution in [3.8, 4) is 0 Å². The molecule has 0 saturated carbocycles. The molecule has 1 aromatic carbocycles. The lowest BCUT2D eigenvalue weighted by Crippen LogP contribution is -2.45. The number of aromatic nitrogens is 1. The van der Waals surface area contributed by atoms with Gasteiger partial charge in [-0.2, -0.15) is 0 Å². The molecule has 0 radical (unpaired) electrons. The van der Waals surface area contributed by atoms with Gasteiger partial charge in [0.1, 0.15) is 0 Å². The largest absolute Gasteiger partial charge is 0.349 e. The number of hydrogen-bond acceptors (Lipinski definition) is 4. The van der Waals surface area contributed by atoms with E-state index in [0.717, 1.165) is 42.2 Å². The highest BCUT2D eigenvalue weighted by molar-refractivity contribution is 7.80. The van der Waals surface area contributed by atoms with Crippen LogP contribution in [0.4, 0.5) is 5.69 Å². The van der Waals surface area contributed by atoms with Crippen molar-refractivity contribution in [1.29, 1.82) is 0 Å². The number of fused-ring (bicyclic) bond motifs is 1. The van der Waals surface area contributed by atoms with Gasteiger partial charge in [-0.15, -0.1) is 11.3 Å². The summed E-state index contributed by atoms with van der Waals surface area (Å²) >= 11 is 7.48. The highest BCUT2D eigenvalue weighted by Gasteiger charge is 2.23. The van der Waals surface area contributed by atoms with E-state index in [-0.39, 0.29) is 5.41 Å². The van der Waals surface area contributed by atoms with Crippen LogP contribution in [0.15, 0.2) is 12.1 Å². The highest BCUT2D eigenvalue weighted by atomic mass is 32.1. The lowest BCUT2D eigenvalue weighted by Gasteiger charge is -2.36. The van der Waals surface area contributed by atoms with Crippen molar-refractivity contribution in [2.24, 2.45) is 0 Å². The highest BCUT2D eigenvalue weighted by Crippen LogP contribution is 2.34. The zero-order valence-electron chi connectivity index (χ0n) is 16.7. The Morgan fingerprint density at radius 1 is 1.27 bits per heavy atom. The topological polar surface area (TPSA) is 31.4 Å². The predicted molar refractivity (Wildman–Crippen MR) is 118 cm³/mol. The van der Waals surface area contributed by atoms with Crippen LogP contribution in [-0.2, 0) is 5.41 Å². The molecule has 0 unspecified atom stereocenters. The quantitative estimate of drug-likeness (QED) is 0.756. The number of nitrogens with one attached hydrogen (secondary N) is 1. The zero-order chi connectivity index (χ0) is 19.1. The molecule has 0 spiro atoms. The Balaban J connectivity index is 1.74. The van der Waals surface area contributed by atoms with E-state index in [1.165, 1.54) is 15.3 Å². The normalized spacial score (nSPS) is 16.5. The zero-order valence-corrected chi connectivity index (χ0v) is 18.4. The van der Waals surface area contributed by atoms with Crippen molar-refractivity contribution in [1.82, 2.24) is 14.8 Å². The van der Waals surface area contributed by atoms with Crippen LogP contribution in [0, 0.1) is 6.92 Å². The van der Waals surface area contributed by atoms with Crippen molar-refractivity contribution in [3.63, 3.8) is 0 Å². The first-order valence-corrected chi connectivity index (χ1v) is 10.5. The monoisotopic (exact) mass is 390 g/mol. The Hall–Kier alpha value is -1.24. The summed E-state index contributed by atoms with van der Waals surface area (Å²) < 4.78 is 1.22. The molecular weight excluding hydrogens is 360 g/mol. The minimum Gasteiger partial charge on any atom is -0.349 e. The molecule has 142 valence electrons. The smallest absolute Gasteiger partial charge is 0.173 e. The fourth-order valence-corrected chi connectivity index (χ4v) is 4.65. The number of aryl methyl sites for hydroxylation is 1. The van der Waals surface area contributed by atoms with Crippen LogP contribution < -0.4 is 5.32 Å². The molecule has 1 fully saturated rings. The van der Waals surface area contributed by atoms with Gasteiger partial charge in [0.2, 0.25) is 0 Å². The van der Waals surface area contributed by atoms with Crippen molar-refractivity contribution in [2.45, 2.75) is 52.0 Å². The number of likely N-dealkylation sites (tertiary alicyclic amines) is 1. The molecule has 2 heterocycles. The first kappa shape index (κ1) is 19.5. The average molecular weight is 391 g/mol. The molecule has 2 aromatic rings. The standard InChI is InChI=1S/C20H30N4S2/c1-13-11-16-17(26-18(21-16)20(2,3)4)12-15(13)22-19(25)24-9-7-14(8-10-24)23(5)6/h11-12,14H,7-10H2,1-6H3,(H,22,25). The van der Waals surface area contributed by atoms with E-state index in [1.807, 2.05) is 0 Å². The van der Waals surface area contributed by atoms with E-state index in [2.05, 4.69) is 69.0 Å². The molecule has 0 atom stereocenters. The van der Waals surface area contributed by atoms with E-state index >= 15 is 0 Å². The lowest BCUT2D eigenvalue weighted by molar-refractivity contribution is 0.193. The number of hydrogen-bond donors (Lipinski definition) is 1. The van der Waals surface area contributed by atoms with Gasteiger partial charge in [-0.05, 0) is 63.8 Å². The fraction of sp³-hybridized carbons (Fsp3) is 0.600. The van der Waals surface area contributed by atoms with Gasteiger partial charge in [0.05, 0.1) is 15.2 Å². The van der Waals surface area contributed by atoms with Crippen LogP contribution in [-0.4, -0.2) is 53.1 Å². The number of nitrogens with zero attached hydrogens (tertiary/aromatic N) is 3. The van der Waals surface area contributed by atoms with Gasteiger partial charge in [-0.1, -0.05) is 20.8 Å². The Morgan fingerprint density at radius 2 is 1.92 bits per heavy atom. The third kappa shape index (κ3) is 4.18. The minimum absolute atomic E-state index is 0.0806. The number of benzene rings is 1. The minimum atomic E-state index is 0.0806. The second kappa shape index (κ2) is 7.41. The molecule has 26 heavy (non-hydrogen) atoms. The van der Waals surface area contributed by atoms with Crippen LogP contribution in [0.5, 0.6) is 0 Å². The summed E-state index contributed by atoms with van der Waals surface area (Å²) in [5.74, 6) is 0. The summed E-state index contributed by atoms with van der Waals surface area (Å²) in [4.78, 5) is 9.44. The van der Waals surface area contributed by atoms with Gasteiger partial charge in [-0.3, -0.25) is 0 Å². The van der Waals surface area contributed by atoms with E-state index < -0.39 is 0 Å². The SMILES string of the molecule is Cc1cc2nc(C(C)(C)C)sc2cc1NC(=S)N1CCC(N(C)C)CC1. The Bertz CT molecular complexity index is 796. The first-order valence-electron chi connectivity index (χ1n) is 9.29. The Morgan fingerprint density at radius 3 is 2.50 bits per heavy atom. The summed E-state index contributed by atoms with van der Waals surface area (Å²) in [6.07, 6.45) is 2.33. The van der Waals surface area contributed by atoms with Crippen LogP contribution in [0.3, 0.4) is 0 Å². The number of rotatable bonds is 2. The molecule has 1 N–H and O–H groups in total. The number of thiazole rings is 1. The van der Waals surface area contributed by atoms with Crippen molar-refractivity contribution in [3.05, 3.63) is 22.7 Å². The van der Waals surface area contributed by atoms with Gasteiger partial charge in [0, 0.05) is 30.2 Å². The summed E-state index contributed by atoms with van der Waals surface area (Å²) in [6.45, 7) is 10.8. The molecule has 1 aliphatic heterocycles. The molecule has 0 aliphatic carbocycles. The van der Waals surface area contributed by atoms with Gasteiger partial charge >= 0.3 is 0 Å². The van der Waals surface area contributed by atoms with E-state index in [9.17, 15) is 0 Å². The molecule has 1 aromatic heterocycles. The maximum absolute atomic E-state index is 5.70. The van der Waals surface area contributed by atoms with Gasteiger partial charge in [0.25, 0.3) is 0 Å². The van der Waals surface area contributed by atoms with Crippen molar-refractivity contribution >= 4 is 44.6 Å². The van der Waals surface area contributed by atoms with E-state index in [1.54, 1.807) is 11.3 Å². The third-order valence-corrected chi connectivity index (χ3v) is 6.90. The first-order chi connectivity index (χ1) is 12.1. The third-order valence-electron chi connectivity index (χ3n) is 5.10. The lowest BCUT2D eigenvalue weighted by atomic mass is 9.98. The van der Waals surface area contributed by atoms with Crippen LogP contribution in [0.2, 0.25) is 0 Å². The maximum atomic E-state index is 5.70. The summed E-state index contributed by atoms with van der Waals surface area (Å²) in [5, 5.41) is 5.50. The molecule has 1 saturated heterocycles. The van der Waals surface area contributed by atoms with E-state index in [0.29, 0.717) is 6.04 Å². The van der Waals surface area contributed by atoms with Crippen LogP contribution >= 0.6 is 23.6 Å². The summed E-state index contributed by atoms with van der Waals surface area (Å²) in [6, 6.07) is 5.04. The second-order valence-corrected chi connectivity index (χ2v) is 9.93. The molecule has 3 rings (SSSR count). The number of anilines is 1. The van der Waals surface area contributed by atoms with Crippen LogP contribution in [0.1, 0.15) is 44.2 Å². The Labute approximate surface area is 166 Å². The van der Waals surface area contributed by atoms with Gasteiger partial charge in [0.15, 0.2) is 5.11 Å². The number of thiocarbonyl (C=S) groups is 1. The maximum Gasteiger partial charge on any atom is 0.173 e. The molecule has 0 bridgehead atoms. The van der Waals surface area contributed by atoms with Gasteiger partial charge < -0.3 is 15.1 Å². The summed E-state index contributed by atoms with van der Waals surface area (Å²) in [7, 11) is 4.33. The van der Waals surface area contributed by atoms with Gasteiger partial charge in [-0.25, -0.2) is 4.98 Å². The average Bonchev–Trinajstić information content (AvgIpc) is 2.98. The Kier molecular flexibility index (Phi) is 5.56.